The first kappa shape index (κ1) is 14.4. The smallest absolute Gasteiger partial charge is 0.135 e. The number of hydrogen-bond donors (Lipinski definition) is 1. The summed E-state index contributed by atoms with van der Waals surface area (Å²) >= 11 is 0. The number of hydrogen-bond acceptors (Lipinski definition) is 3. The van der Waals surface area contributed by atoms with Crippen molar-refractivity contribution in [1.29, 1.82) is 0 Å². The minimum atomic E-state index is 0.531. The van der Waals surface area contributed by atoms with Crippen molar-refractivity contribution in [1.82, 2.24) is 9.97 Å². The van der Waals surface area contributed by atoms with E-state index in [9.17, 15) is 0 Å². The Morgan fingerprint density at radius 3 is 2.17 bits per heavy atom. The van der Waals surface area contributed by atoms with Crippen LogP contribution in [0.3, 0.4) is 0 Å². The molecule has 2 N–H and O–H groups in total. The normalized spacial score (nSPS) is 10.8. The number of nitrogen functional groups attached to an aromatic ring is 1. The fourth-order valence-corrected chi connectivity index (χ4v) is 2.87. The van der Waals surface area contributed by atoms with Crippen molar-refractivity contribution in [2.45, 2.75) is 6.42 Å². The topological polar surface area (TPSA) is 51.8 Å². The molecule has 0 spiro atoms. The Morgan fingerprint density at radius 2 is 1.42 bits per heavy atom. The number of fused-ring (bicyclic) bond motifs is 1. The molecule has 3 heteroatoms. The molecule has 0 atom stereocenters. The van der Waals surface area contributed by atoms with Crippen molar-refractivity contribution in [3.8, 4) is 11.1 Å². The van der Waals surface area contributed by atoms with Crippen molar-refractivity contribution >= 4 is 16.7 Å². The Hall–Kier alpha value is -3.20. The predicted molar refractivity (Wildman–Crippen MR) is 98.6 cm³/mol. The average molecular weight is 311 g/mol. The predicted octanol–water partition coefficient (Wildman–Crippen LogP) is 4.47. The number of nitrogens with zero attached hydrogens (tertiary/aromatic N) is 2. The summed E-state index contributed by atoms with van der Waals surface area (Å²) in [5, 5.41) is 0.896. The Bertz CT molecular complexity index is 980. The maximum absolute atomic E-state index is 6.21. The van der Waals surface area contributed by atoms with E-state index in [-0.39, 0.29) is 0 Å². The minimum absolute atomic E-state index is 0.531. The molecule has 0 amide bonds. The van der Waals surface area contributed by atoms with Gasteiger partial charge < -0.3 is 5.73 Å². The van der Waals surface area contributed by atoms with E-state index < -0.39 is 0 Å². The van der Waals surface area contributed by atoms with Crippen LogP contribution in [-0.2, 0) is 6.42 Å². The highest BCUT2D eigenvalue weighted by atomic mass is 14.9. The van der Waals surface area contributed by atoms with Gasteiger partial charge in [0.2, 0.25) is 0 Å². The fraction of sp³-hybridized carbons (Fsp3) is 0.0476. The molecule has 24 heavy (non-hydrogen) atoms. The summed E-state index contributed by atoms with van der Waals surface area (Å²) in [5.74, 6) is 1.28. The Labute approximate surface area is 140 Å². The molecule has 0 saturated carbocycles. The van der Waals surface area contributed by atoms with Crippen LogP contribution in [0.5, 0.6) is 0 Å². The van der Waals surface area contributed by atoms with Gasteiger partial charge in [0.15, 0.2) is 0 Å². The van der Waals surface area contributed by atoms with Crippen LogP contribution in [0.2, 0.25) is 0 Å². The molecule has 4 rings (SSSR count). The van der Waals surface area contributed by atoms with Crippen LogP contribution >= 0.6 is 0 Å². The third-order valence-electron chi connectivity index (χ3n) is 4.08. The van der Waals surface area contributed by atoms with Gasteiger partial charge in [-0.1, -0.05) is 66.7 Å². The standard InChI is InChI=1S/C21H17N3/c22-21-18-14-17(16-9-5-2-6-10-16)11-12-19(18)23-20(24-21)13-15-7-3-1-4-8-15/h1-12,14H,13H2,(H2,22,23,24). The summed E-state index contributed by atoms with van der Waals surface area (Å²) in [7, 11) is 0. The van der Waals surface area contributed by atoms with Gasteiger partial charge in [-0.2, -0.15) is 0 Å². The summed E-state index contributed by atoms with van der Waals surface area (Å²) in [4.78, 5) is 9.17. The van der Waals surface area contributed by atoms with E-state index in [2.05, 4.69) is 46.4 Å². The van der Waals surface area contributed by atoms with E-state index in [0.29, 0.717) is 12.2 Å². The largest absolute Gasteiger partial charge is 0.383 e. The summed E-state index contributed by atoms with van der Waals surface area (Å²) in [6.45, 7) is 0. The highest BCUT2D eigenvalue weighted by Crippen LogP contribution is 2.26. The lowest BCUT2D eigenvalue weighted by Crippen LogP contribution is -2.02. The van der Waals surface area contributed by atoms with Crippen LogP contribution in [0.25, 0.3) is 22.0 Å². The molecular weight excluding hydrogens is 294 g/mol. The van der Waals surface area contributed by atoms with Crippen LogP contribution in [-0.4, -0.2) is 9.97 Å². The van der Waals surface area contributed by atoms with Gasteiger partial charge >= 0.3 is 0 Å². The lowest BCUT2D eigenvalue weighted by atomic mass is 10.0. The van der Waals surface area contributed by atoms with Gasteiger partial charge in [-0.25, -0.2) is 9.97 Å². The number of benzene rings is 3. The van der Waals surface area contributed by atoms with Crippen LogP contribution in [0.4, 0.5) is 5.82 Å². The van der Waals surface area contributed by atoms with E-state index in [1.165, 1.54) is 5.56 Å². The van der Waals surface area contributed by atoms with Crippen LogP contribution in [0.15, 0.2) is 78.9 Å². The van der Waals surface area contributed by atoms with Gasteiger partial charge in [-0.15, -0.1) is 0 Å². The van der Waals surface area contributed by atoms with Crippen LogP contribution in [0.1, 0.15) is 11.4 Å². The molecule has 0 radical (unpaired) electrons. The molecule has 0 aliphatic carbocycles. The van der Waals surface area contributed by atoms with Gasteiger partial charge in [0.25, 0.3) is 0 Å². The lowest BCUT2D eigenvalue weighted by Gasteiger charge is -2.08. The van der Waals surface area contributed by atoms with Crippen molar-refractivity contribution in [3.05, 3.63) is 90.3 Å². The lowest BCUT2D eigenvalue weighted by molar-refractivity contribution is 0.998. The Balaban J connectivity index is 1.74. The van der Waals surface area contributed by atoms with Gasteiger partial charge in [0, 0.05) is 11.8 Å². The van der Waals surface area contributed by atoms with Crippen molar-refractivity contribution < 1.29 is 0 Å². The molecule has 0 fully saturated rings. The van der Waals surface area contributed by atoms with Gasteiger partial charge in [-0.05, 0) is 28.8 Å². The second-order valence-electron chi connectivity index (χ2n) is 5.79. The van der Waals surface area contributed by atoms with E-state index in [1.807, 2.05) is 42.5 Å². The van der Waals surface area contributed by atoms with E-state index >= 15 is 0 Å². The zero-order valence-electron chi connectivity index (χ0n) is 13.2. The number of aromatic nitrogens is 2. The molecule has 3 nitrogen and oxygen atoms in total. The molecule has 1 aromatic heterocycles. The summed E-state index contributed by atoms with van der Waals surface area (Å²) < 4.78 is 0. The van der Waals surface area contributed by atoms with Gasteiger partial charge in [0.1, 0.15) is 11.6 Å². The number of nitrogens with two attached hydrogens (primary N) is 1. The number of rotatable bonds is 3. The van der Waals surface area contributed by atoms with Crippen LogP contribution < -0.4 is 5.73 Å². The second kappa shape index (κ2) is 6.13. The second-order valence-corrected chi connectivity index (χ2v) is 5.79. The molecule has 1 heterocycles. The summed E-state index contributed by atoms with van der Waals surface area (Å²) in [6, 6.07) is 26.6. The number of anilines is 1. The van der Waals surface area contributed by atoms with Crippen molar-refractivity contribution in [2.75, 3.05) is 5.73 Å². The molecule has 0 unspecified atom stereocenters. The van der Waals surface area contributed by atoms with E-state index in [4.69, 9.17) is 5.73 Å². The van der Waals surface area contributed by atoms with E-state index in [0.717, 1.165) is 27.9 Å². The monoisotopic (exact) mass is 311 g/mol. The third kappa shape index (κ3) is 2.84. The zero-order valence-corrected chi connectivity index (χ0v) is 13.2. The van der Waals surface area contributed by atoms with Crippen molar-refractivity contribution in [2.24, 2.45) is 0 Å². The zero-order chi connectivity index (χ0) is 16.4. The highest BCUT2D eigenvalue weighted by Gasteiger charge is 2.08. The molecule has 3 aromatic carbocycles. The highest BCUT2D eigenvalue weighted by molar-refractivity contribution is 5.91. The molecule has 0 bridgehead atoms. The molecule has 0 aliphatic heterocycles. The van der Waals surface area contributed by atoms with Crippen molar-refractivity contribution in [3.63, 3.8) is 0 Å². The molecule has 0 aliphatic rings. The molecule has 116 valence electrons. The van der Waals surface area contributed by atoms with E-state index in [1.54, 1.807) is 0 Å². The third-order valence-corrected chi connectivity index (χ3v) is 4.08. The summed E-state index contributed by atoms with van der Waals surface area (Å²) in [5.41, 5.74) is 10.5. The Morgan fingerprint density at radius 1 is 0.708 bits per heavy atom. The molecule has 4 aromatic rings. The SMILES string of the molecule is Nc1nc(Cc2ccccc2)nc2ccc(-c3ccccc3)cc12. The average Bonchev–Trinajstić information content (AvgIpc) is 2.63. The maximum Gasteiger partial charge on any atom is 0.135 e. The first-order valence-corrected chi connectivity index (χ1v) is 7.95. The minimum Gasteiger partial charge on any atom is -0.383 e. The van der Waals surface area contributed by atoms with Crippen LogP contribution in [0, 0.1) is 0 Å². The first-order valence-electron chi connectivity index (χ1n) is 7.95. The quantitative estimate of drug-likeness (QED) is 0.607. The Kier molecular flexibility index (Phi) is 3.67. The molecular formula is C21H17N3. The summed E-state index contributed by atoms with van der Waals surface area (Å²) in [6.07, 6.45) is 0.682. The first-order chi connectivity index (χ1) is 11.8. The maximum atomic E-state index is 6.21. The van der Waals surface area contributed by atoms with Gasteiger partial charge in [-0.3, -0.25) is 0 Å². The fourth-order valence-electron chi connectivity index (χ4n) is 2.87. The van der Waals surface area contributed by atoms with Gasteiger partial charge in [0.05, 0.1) is 5.52 Å². The molecule has 0 saturated heterocycles.